The number of anilines is 1. The molecule has 224 valence electrons. The second-order valence-corrected chi connectivity index (χ2v) is 11.1. The van der Waals surface area contributed by atoms with E-state index in [1.165, 1.54) is 0 Å². The lowest BCUT2D eigenvalue weighted by Crippen LogP contribution is -2.34. The predicted octanol–water partition coefficient (Wildman–Crippen LogP) is 7.29. The van der Waals surface area contributed by atoms with Crippen LogP contribution < -0.4 is 15.4 Å². The molecule has 1 aromatic heterocycles. The summed E-state index contributed by atoms with van der Waals surface area (Å²) in [5.41, 5.74) is 3.46. The number of aromatic nitrogens is 1. The number of nitrogens with one attached hydrogen (secondary N) is 2. The number of amides is 1. The molecular formula is C34H36FN3O5. The molecule has 4 aromatic rings. The van der Waals surface area contributed by atoms with Crippen molar-refractivity contribution in [1.82, 2.24) is 10.3 Å². The van der Waals surface area contributed by atoms with E-state index in [4.69, 9.17) is 9.47 Å². The Morgan fingerprint density at radius 3 is 2.49 bits per heavy atom. The third kappa shape index (κ3) is 9.03. The number of carboxylic acids is 1. The van der Waals surface area contributed by atoms with E-state index in [0.29, 0.717) is 34.5 Å². The molecule has 0 bridgehead atoms. The maximum absolute atomic E-state index is 16.0. The van der Waals surface area contributed by atoms with Crippen LogP contribution in [0.1, 0.15) is 56.1 Å². The number of rotatable bonds is 11. The van der Waals surface area contributed by atoms with Crippen molar-refractivity contribution >= 4 is 17.7 Å². The van der Waals surface area contributed by atoms with Crippen molar-refractivity contribution in [3.05, 3.63) is 113 Å². The van der Waals surface area contributed by atoms with E-state index in [2.05, 4.69) is 15.6 Å². The van der Waals surface area contributed by atoms with Gasteiger partial charge in [-0.05, 0) is 75.2 Å². The molecule has 0 aliphatic heterocycles. The largest absolute Gasteiger partial charge is 0.489 e. The lowest BCUT2D eigenvalue weighted by Gasteiger charge is -2.22. The number of hydrogen-bond acceptors (Lipinski definition) is 6. The third-order valence-electron chi connectivity index (χ3n) is 6.44. The number of para-hydroxylation sites is 1. The fraction of sp³-hybridized carbons (Fsp3) is 0.265. The van der Waals surface area contributed by atoms with Gasteiger partial charge in [-0.3, -0.25) is 9.78 Å². The zero-order chi connectivity index (χ0) is 31.0. The van der Waals surface area contributed by atoms with Crippen LogP contribution in [0.3, 0.4) is 0 Å². The average Bonchev–Trinajstić information content (AvgIpc) is 2.95. The predicted molar refractivity (Wildman–Crippen MR) is 163 cm³/mol. The highest BCUT2D eigenvalue weighted by Crippen LogP contribution is 2.32. The molecular weight excluding hydrogens is 549 g/mol. The van der Waals surface area contributed by atoms with Gasteiger partial charge in [-0.25, -0.2) is 9.18 Å². The molecule has 1 amide bonds. The fourth-order valence-corrected chi connectivity index (χ4v) is 4.51. The zero-order valence-electron chi connectivity index (χ0n) is 24.7. The number of alkyl carbamates (subject to hydrolysis) is 1. The Morgan fingerprint density at radius 2 is 1.77 bits per heavy atom. The molecule has 4 rings (SSSR count). The maximum Gasteiger partial charge on any atom is 0.408 e. The third-order valence-corrected chi connectivity index (χ3v) is 6.44. The van der Waals surface area contributed by atoms with Gasteiger partial charge in [0.25, 0.3) is 0 Å². The van der Waals surface area contributed by atoms with Crippen molar-refractivity contribution in [2.75, 3.05) is 5.32 Å². The second kappa shape index (κ2) is 13.8. The summed E-state index contributed by atoms with van der Waals surface area (Å²) in [6.45, 7) is 7.56. The normalized spacial score (nSPS) is 11.8. The first-order valence-electron chi connectivity index (χ1n) is 14.0. The van der Waals surface area contributed by atoms with Crippen LogP contribution >= 0.6 is 0 Å². The number of carboxylic acid groups (broad SMARTS) is 1. The first-order chi connectivity index (χ1) is 20.5. The molecule has 1 atom stereocenters. The van der Waals surface area contributed by atoms with Crippen LogP contribution in [0.5, 0.6) is 5.75 Å². The van der Waals surface area contributed by atoms with E-state index in [-0.39, 0.29) is 13.0 Å². The number of pyridine rings is 1. The molecule has 43 heavy (non-hydrogen) atoms. The summed E-state index contributed by atoms with van der Waals surface area (Å²) in [6, 6.07) is 22.6. The highest BCUT2D eigenvalue weighted by atomic mass is 19.1. The van der Waals surface area contributed by atoms with Crippen molar-refractivity contribution in [3.8, 4) is 16.9 Å². The van der Waals surface area contributed by atoms with Crippen LogP contribution in [-0.2, 0) is 29.1 Å². The van der Waals surface area contributed by atoms with Gasteiger partial charge in [0.05, 0.1) is 24.7 Å². The van der Waals surface area contributed by atoms with Crippen LogP contribution in [0.2, 0.25) is 0 Å². The molecule has 3 N–H and O–H groups in total. The summed E-state index contributed by atoms with van der Waals surface area (Å²) in [5.74, 6) is -0.954. The van der Waals surface area contributed by atoms with Crippen LogP contribution in [-0.4, -0.2) is 27.8 Å². The summed E-state index contributed by atoms with van der Waals surface area (Å²) >= 11 is 0. The molecule has 1 unspecified atom stereocenters. The quantitative estimate of drug-likeness (QED) is 0.170. The highest BCUT2D eigenvalue weighted by molar-refractivity contribution is 5.72. The van der Waals surface area contributed by atoms with Crippen molar-refractivity contribution in [1.29, 1.82) is 0 Å². The number of halogens is 1. The van der Waals surface area contributed by atoms with Gasteiger partial charge >= 0.3 is 12.1 Å². The Kier molecular flexibility index (Phi) is 9.98. The Morgan fingerprint density at radius 1 is 1.00 bits per heavy atom. The number of benzene rings is 3. The zero-order valence-corrected chi connectivity index (χ0v) is 24.7. The molecule has 0 saturated heterocycles. The number of hydrogen-bond donors (Lipinski definition) is 3. The van der Waals surface area contributed by atoms with E-state index < -0.39 is 29.5 Å². The van der Waals surface area contributed by atoms with Gasteiger partial charge in [0.15, 0.2) is 0 Å². The summed E-state index contributed by atoms with van der Waals surface area (Å²) < 4.78 is 27.4. The van der Waals surface area contributed by atoms with Crippen molar-refractivity contribution in [3.63, 3.8) is 0 Å². The van der Waals surface area contributed by atoms with Gasteiger partial charge in [-0.1, -0.05) is 42.5 Å². The van der Waals surface area contributed by atoms with Crippen molar-refractivity contribution in [2.24, 2.45) is 0 Å². The topological polar surface area (TPSA) is 110 Å². The summed E-state index contributed by atoms with van der Waals surface area (Å²) in [7, 11) is 0. The average molecular weight is 586 g/mol. The molecule has 0 fully saturated rings. The van der Waals surface area contributed by atoms with Crippen LogP contribution in [0.4, 0.5) is 14.9 Å². The van der Waals surface area contributed by atoms with E-state index in [1.807, 2.05) is 36.4 Å². The Bertz CT molecular complexity index is 1570. The molecule has 9 heteroatoms. The number of ether oxygens (including phenoxy) is 2. The smallest absolute Gasteiger partial charge is 0.408 e. The molecule has 0 aliphatic rings. The Labute approximate surface area is 250 Å². The standard InChI is InChI=1S/C34H36FN3O5/c1-22(38-33(41)43-34(2,3)4)28-12-9-13-29(32(28)35)25-16-23(17-27(18-25)37-20-26-11-7-8-15-36-26)21-42-30-14-6-5-10-24(30)19-31(39)40/h5-18,22,37H,19-21H2,1-4H3,(H,38,41)(H,39,40). The molecule has 1 heterocycles. The summed E-state index contributed by atoms with van der Waals surface area (Å²) in [4.78, 5) is 28.0. The van der Waals surface area contributed by atoms with Crippen molar-refractivity contribution < 1.29 is 28.6 Å². The first-order valence-corrected chi connectivity index (χ1v) is 14.0. The monoisotopic (exact) mass is 585 g/mol. The molecule has 0 radical (unpaired) electrons. The summed E-state index contributed by atoms with van der Waals surface area (Å²) in [5, 5.41) is 15.3. The molecule has 0 spiro atoms. The van der Waals surface area contributed by atoms with Gasteiger partial charge in [0, 0.05) is 28.6 Å². The minimum absolute atomic E-state index is 0.126. The number of aliphatic carboxylic acids is 1. The van der Waals surface area contributed by atoms with Crippen LogP contribution in [0.25, 0.3) is 11.1 Å². The van der Waals surface area contributed by atoms with Crippen molar-refractivity contribution in [2.45, 2.75) is 58.9 Å². The molecule has 8 nitrogen and oxygen atoms in total. The number of nitrogens with zero attached hydrogens (tertiary/aromatic N) is 1. The number of carbonyl (C=O) groups excluding carboxylic acids is 1. The lowest BCUT2D eigenvalue weighted by molar-refractivity contribution is -0.136. The molecule has 3 aromatic carbocycles. The van der Waals surface area contributed by atoms with Crippen LogP contribution in [0.15, 0.2) is 85.1 Å². The van der Waals surface area contributed by atoms with Gasteiger partial charge in [0.1, 0.15) is 23.8 Å². The van der Waals surface area contributed by atoms with E-state index >= 15 is 4.39 Å². The SMILES string of the molecule is CC(NC(=O)OC(C)(C)C)c1cccc(-c2cc(COc3ccccc3CC(=O)O)cc(NCc3ccccn3)c2)c1F. The first kappa shape index (κ1) is 31.0. The Hall–Kier alpha value is -4.92. The van der Waals surface area contributed by atoms with Crippen LogP contribution in [0, 0.1) is 5.82 Å². The molecule has 0 aliphatic carbocycles. The van der Waals surface area contributed by atoms with E-state index in [9.17, 15) is 14.7 Å². The number of carbonyl (C=O) groups is 2. The van der Waals surface area contributed by atoms with Gasteiger partial charge in [-0.2, -0.15) is 0 Å². The lowest BCUT2D eigenvalue weighted by atomic mass is 9.97. The van der Waals surface area contributed by atoms with Gasteiger partial charge < -0.3 is 25.2 Å². The summed E-state index contributed by atoms with van der Waals surface area (Å²) in [6.07, 6.45) is 0.919. The Balaban J connectivity index is 1.64. The minimum atomic E-state index is -0.954. The van der Waals surface area contributed by atoms with E-state index in [0.717, 1.165) is 16.9 Å². The molecule has 0 saturated carbocycles. The minimum Gasteiger partial charge on any atom is -0.489 e. The van der Waals surface area contributed by atoms with Gasteiger partial charge in [0.2, 0.25) is 0 Å². The maximum atomic E-state index is 16.0. The second-order valence-electron chi connectivity index (χ2n) is 11.1. The van der Waals surface area contributed by atoms with E-state index in [1.54, 1.807) is 76.4 Å². The highest BCUT2D eigenvalue weighted by Gasteiger charge is 2.21. The van der Waals surface area contributed by atoms with Gasteiger partial charge in [-0.15, -0.1) is 0 Å². The fourth-order valence-electron chi connectivity index (χ4n) is 4.51.